The monoisotopic (exact) mass is 246 g/mol. The molecule has 3 rings (SSSR count). The summed E-state index contributed by atoms with van der Waals surface area (Å²) in [6, 6.07) is 1.00. The molecule has 1 aromatic rings. The summed E-state index contributed by atoms with van der Waals surface area (Å²) in [6.45, 7) is 3.02. The molecule has 1 aromatic heterocycles. The first kappa shape index (κ1) is 11.9. The van der Waals surface area contributed by atoms with Crippen molar-refractivity contribution >= 4 is 5.82 Å². The molecule has 0 bridgehead atoms. The van der Waals surface area contributed by atoms with E-state index in [1.165, 1.54) is 42.8 Å². The second-order valence-corrected chi connectivity index (χ2v) is 5.55. The van der Waals surface area contributed by atoms with Gasteiger partial charge in [0.05, 0.1) is 0 Å². The normalized spacial score (nSPS) is 27.3. The predicted molar refractivity (Wildman–Crippen MR) is 72.7 cm³/mol. The van der Waals surface area contributed by atoms with Crippen LogP contribution in [-0.4, -0.2) is 28.6 Å². The fourth-order valence-electron chi connectivity index (χ4n) is 3.46. The van der Waals surface area contributed by atoms with E-state index in [4.69, 9.17) is 5.73 Å². The van der Waals surface area contributed by atoms with Crippen LogP contribution in [0.5, 0.6) is 0 Å². The molecule has 1 aliphatic carbocycles. The quantitative estimate of drug-likeness (QED) is 0.862. The fraction of sp³-hybridized carbons (Fsp3) is 0.714. The Bertz CT molecular complexity index is 432. The van der Waals surface area contributed by atoms with Crippen LogP contribution < -0.4 is 10.6 Å². The first-order chi connectivity index (χ1) is 8.81. The summed E-state index contributed by atoms with van der Waals surface area (Å²) in [6.07, 6.45) is 8.92. The number of piperidine rings is 1. The van der Waals surface area contributed by atoms with Gasteiger partial charge in [-0.3, -0.25) is 0 Å². The number of nitrogens with zero attached hydrogens (tertiary/aromatic N) is 3. The topological polar surface area (TPSA) is 55.0 Å². The van der Waals surface area contributed by atoms with Crippen LogP contribution in [0.1, 0.15) is 43.9 Å². The molecule has 2 N–H and O–H groups in total. The lowest BCUT2D eigenvalue weighted by atomic mass is 9.95. The van der Waals surface area contributed by atoms with Crippen LogP contribution in [0.25, 0.3) is 0 Å². The van der Waals surface area contributed by atoms with Crippen LogP contribution >= 0.6 is 0 Å². The highest BCUT2D eigenvalue weighted by Crippen LogP contribution is 2.33. The Morgan fingerprint density at radius 1 is 1.28 bits per heavy atom. The maximum absolute atomic E-state index is 5.95. The van der Waals surface area contributed by atoms with Gasteiger partial charge in [0.1, 0.15) is 12.1 Å². The number of fused-ring (bicyclic) bond motifs is 1. The highest BCUT2D eigenvalue weighted by atomic mass is 15.3. The van der Waals surface area contributed by atoms with Crippen molar-refractivity contribution in [3.63, 3.8) is 0 Å². The zero-order valence-electron chi connectivity index (χ0n) is 11.1. The molecule has 1 saturated heterocycles. The molecule has 1 fully saturated rings. The van der Waals surface area contributed by atoms with Crippen molar-refractivity contribution in [2.24, 2.45) is 5.73 Å². The van der Waals surface area contributed by atoms with Crippen LogP contribution in [0.3, 0.4) is 0 Å². The van der Waals surface area contributed by atoms with E-state index in [-0.39, 0.29) is 0 Å². The molecule has 4 nitrogen and oxygen atoms in total. The van der Waals surface area contributed by atoms with Gasteiger partial charge in [-0.25, -0.2) is 9.97 Å². The van der Waals surface area contributed by atoms with E-state index < -0.39 is 0 Å². The summed E-state index contributed by atoms with van der Waals surface area (Å²) >= 11 is 0. The summed E-state index contributed by atoms with van der Waals surface area (Å²) in [5, 5.41) is 0. The lowest BCUT2D eigenvalue weighted by molar-refractivity contribution is 0.396. The van der Waals surface area contributed by atoms with Gasteiger partial charge in [-0.15, -0.1) is 0 Å². The number of anilines is 1. The minimum Gasteiger partial charge on any atom is -0.349 e. The summed E-state index contributed by atoms with van der Waals surface area (Å²) in [5.74, 6) is 1.17. The van der Waals surface area contributed by atoms with E-state index in [1.807, 2.05) is 0 Å². The highest BCUT2D eigenvalue weighted by molar-refractivity contribution is 5.52. The number of aromatic nitrogens is 2. The zero-order chi connectivity index (χ0) is 12.5. The molecule has 4 heteroatoms. The number of aryl methyl sites for hydroxylation is 1. The molecule has 18 heavy (non-hydrogen) atoms. The van der Waals surface area contributed by atoms with Crippen LogP contribution in [0.2, 0.25) is 0 Å². The zero-order valence-corrected chi connectivity index (χ0v) is 11.1. The van der Waals surface area contributed by atoms with E-state index in [9.17, 15) is 0 Å². The Hall–Kier alpha value is -1.16. The smallest absolute Gasteiger partial charge is 0.135 e. The van der Waals surface area contributed by atoms with Gasteiger partial charge in [0, 0.05) is 29.9 Å². The maximum atomic E-state index is 5.95. The maximum Gasteiger partial charge on any atom is 0.135 e. The molecule has 0 aromatic carbocycles. The molecule has 98 valence electrons. The standard InChI is InChI=1S/C14H22N4/c1-10-4-2-5-11(8-15)18(10)14-12-6-3-7-13(12)16-9-17-14/h9-11H,2-8,15H2,1H3. The number of hydrogen-bond donors (Lipinski definition) is 1. The first-order valence-corrected chi connectivity index (χ1v) is 7.12. The first-order valence-electron chi connectivity index (χ1n) is 7.12. The van der Waals surface area contributed by atoms with Gasteiger partial charge >= 0.3 is 0 Å². The fourth-order valence-corrected chi connectivity index (χ4v) is 3.46. The third-order valence-corrected chi connectivity index (χ3v) is 4.40. The van der Waals surface area contributed by atoms with E-state index >= 15 is 0 Å². The van der Waals surface area contributed by atoms with Crippen LogP contribution in [0.15, 0.2) is 6.33 Å². The number of nitrogens with two attached hydrogens (primary N) is 1. The van der Waals surface area contributed by atoms with Crippen molar-refractivity contribution in [1.29, 1.82) is 0 Å². The lowest BCUT2D eigenvalue weighted by Crippen LogP contribution is -2.49. The van der Waals surface area contributed by atoms with Gasteiger partial charge in [0.2, 0.25) is 0 Å². The molecule has 2 heterocycles. The van der Waals surface area contributed by atoms with E-state index in [0.29, 0.717) is 12.1 Å². The lowest BCUT2D eigenvalue weighted by Gasteiger charge is -2.42. The Morgan fingerprint density at radius 3 is 3.00 bits per heavy atom. The minimum atomic E-state index is 0.452. The Kier molecular flexibility index (Phi) is 3.20. The molecule has 0 spiro atoms. The Balaban J connectivity index is 1.99. The van der Waals surface area contributed by atoms with E-state index in [1.54, 1.807) is 6.33 Å². The van der Waals surface area contributed by atoms with Gasteiger partial charge < -0.3 is 10.6 Å². The molecule has 0 radical (unpaired) electrons. The van der Waals surface area contributed by atoms with Crippen LogP contribution in [-0.2, 0) is 12.8 Å². The van der Waals surface area contributed by atoms with E-state index in [2.05, 4.69) is 21.8 Å². The number of rotatable bonds is 2. The van der Waals surface area contributed by atoms with Gasteiger partial charge in [-0.05, 0) is 45.4 Å². The van der Waals surface area contributed by atoms with Crippen molar-refractivity contribution in [3.05, 3.63) is 17.6 Å². The minimum absolute atomic E-state index is 0.452. The van der Waals surface area contributed by atoms with Crippen LogP contribution in [0, 0.1) is 0 Å². The average molecular weight is 246 g/mol. The molecule has 2 atom stereocenters. The van der Waals surface area contributed by atoms with E-state index in [0.717, 1.165) is 19.4 Å². The SMILES string of the molecule is CC1CCCC(CN)N1c1ncnc2c1CCC2. The van der Waals surface area contributed by atoms with Crippen molar-refractivity contribution in [2.75, 3.05) is 11.4 Å². The summed E-state index contributed by atoms with van der Waals surface area (Å²) in [7, 11) is 0. The third kappa shape index (κ3) is 1.88. The molecular formula is C14H22N4. The average Bonchev–Trinajstić information content (AvgIpc) is 2.86. The molecule has 0 amide bonds. The molecule has 0 saturated carbocycles. The Labute approximate surface area is 109 Å². The second-order valence-electron chi connectivity index (χ2n) is 5.55. The molecular weight excluding hydrogens is 224 g/mol. The van der Waals surface area contributed by atoms with Gasteiger partial charge in [-0.2, -0.15) is 0 Å². The van der Waals surface area contributed by atoms with Crippen molar-refractivity contribution < 1.29 is 0 Å². The van der Waals surface area contributed by atoms with Gasteiger partial charge in [0.25, 0.3) is 0 Å². The molecule has 2 aliphatic rings. The third-order valence-electron chi connectivity index (χ3n) is 4.40. The number of hydrogen-bond acceptors (Lipinski definition) is 4. The van der Waals surface area contributed by atoms with Crippen molar-refractivity contribution in [2.45, 2.75) is 57.5 Å². The van der Waals surface area contributed by atoms with Gasteiger partial charge in [0.15, 0.2) is 0 Å². The summed E-state index contributed by atoms with van der Waals surface area (Å²) < 4.78 is 0. The van der Waals surface area contributed by atoms with Crippen LogP contribution in [0.4, 0.5) is 5.82 Å². The van der Waals surface area contributed by atoms with Gasteiger partial charge in [-0.1, -0.05) is 0 Å². The summed E-state index contributed by atoms with van der Waals surface area (Å²) in [5.41, 5.74) is 8.59. The Morgan fingerprint density at radius 2 is 2.17 bits per heavy atom. The summed E-state index contributed by atoms with van der Waals surface area (Å²) in [4.78, 5) is 11.5. The second kappa shape index (κ2) is 4.84. The molecule has 1 aliphatic heterocycles. The van der Waals surface area contributed by atoms with Crippen molar-refractivity contribution in [3.8, 4) is 0 Å². The highest BCUT2D eigenvalue weighted by Gasteiger charge is 2.31. The predicted octanol–water partition coefficient (Wildman–Crippen LogP) is 1.67. The van der Waals surface area contributed by atoms with Crippen molar-refractivity contribution in [1.82, 2.24) is 9.97 Å². The largest absolute Gasteiger partial charge is 0.349 e. The molecule has 2 unspecified atom stereocenters.